The lowest BCUT2D eigenvalue weighted by molar-refractivity contribution is 0.0389. The first-order chi connectivity index (χ1) is 16.9. The number of ether oxygens (including phenoxy) is 1. The van der Waals surface area contributed by atoms with E-state index >= 15 is 0 Å². The van der Waals surface area contributed by atoms with Crippen LogP contribution in [0.5, 0.6) is 0 Å². The van der Waals surface area contributed by atoms with Crippen molar-refractivity contribution in [3.8, 4) is 0 Å². The van der Waals surface area contributed by atoms with Gasteiger partial charge in [-0.25, -0.2) is 19.2 Å². The van der Waals surface area contributed by atoms with Gasteiger partial charge in [0.2, 0.25) is 0 Å². The molecule has 2 heterocycles. The minimum Gasteiger partial charge on any atom is -0.478 e. The smallest absolute Gasteiger partial charge is 0.347 e. The Morgan fingerprint density at radius 2 is 1.03 bits per heavy atom. The van der Waals surface area contributed by atoms with Crippen molar-refractivity contribution >= 4 is 45.7 Å². The number of aromatic amines is 2. The first-order valence-electron chi connectivity index (χ1n) is 11.4. The predicted octanol–water partition coefficient (Wildman–Crippen LogP) is 4.02. The molecule has 0 aliphatic heterocycles. The number of carbonyl (C=O) groups is 4. The summed E-state index contributed by atoms with van der Waals surface area (Å²) >= 11 is 0. The van der Waals surface area contributed by atoms with E-state index in [0.717, 1.165) is 24.0 Å². The molecule has 2 aromatic carbocycles. The second-order valence-electron chi connectivity index (χ2n) is 8.94. The van der Waals surface area contributed by atoms with Crippen molar-refractivity contribution in [2.45, 2.75) is 38.5 Å². The van der Waals surface area contributed by atoms with Crippen molar-refractivity contribution in [1.29, 1.82) is 0 Å². The maximum atomic E-state index is 13.4. The third-order valence-corrected chi connectivity index (χ3v) is 7.20. The van der Waals surface area contributed by atoms with Crippen LogP contribution < -0.4 is 0 Å². The average Bonchev–Trinajstić information content (AvgIpc) is 3.60. The molecule has 0 atom stereocenters. The number of nitrogens with one attached hydrogen (secondary N) is 2. The number of carboxylic acid groups (broad SMARTS) is 2. The van der Waals surface area contributed by atoms with E-state index in [0.29, 0.717) is 58.6 Å². The van der Waals surface area contributed by atoms with Crippen LogP contribution in [0.4, 0.5) is 0 Å². The Hall–Kier alpha value is -4.40. The van der Waals surface area contributed by atoms with Crippen molar-refractivity contribution in [2.75, 3.05) is 0 Å². The molecule has 0 unspecified atom stereocenters. The van der Waals surface area contributed by atoms with Crippen LogP contribution in [-0.4, -0.2) is 44.1 Å². The Labute approximate surface area is 197 Å². The zero-order chi connectivity index (χ0) is 24.4. The van der Waals surface area contributed by atoms with Gasteiger partial charge in [-0.15, -0.1) is 0 Å². The van der Waals surface area contributed by atoms with E-state index in [2.05, 4.69) is 9.97 Å². The fourth-order valence-corrected chi connectivity index (χ4v) is 5.90. The summed E-state index contributed by atoms with van der Waals surface area (Å²) in [4.78, 5) is 57.4. The van der Waals surface area contributed by atoms with Crippen LogP contribution in [0.3, 0.4) is 0 Å². The third kappa shape index (κ3) is 2.94. The van der Waals surface area contributed by atoms with Crippen molar-refractivity contribution in [2.24, 2.45) is 0 Å². The standard InChI is InChI=1S/C26H20N2O7/c29-23(30)17-11-3-1-5-13(11)21-15(7-9-27-21)19(17)25(33)35-26(34)20-16-8-10-28-22(16)14-6-2-4-12(14)18(20)24(31)32/h7-10,27-28H,1-6H2,(H,29,30)(H,31,32). The number of aryl methyl sites for hydroxylation is 2. The van der Waals surface area contributed by atoms with Crippen molar-refractivity contribution in [1.82, 2.24) is 9.97 Å². The normalized spacial score (nSPS) is 14.3. The van der Waals surface area contributed by atoms with Crippen molar-refractivity contribution in [3.05, 3.63) is 69.0 Å². The summed E-state index contributed by atoms with van der Waals surface area (Å²) in [7, 11) is 0. The first kappa shape index (κ1) is 21.2. The molecule has 0 saturated carbocycles. The number of aromatic nitrogens is 2. The summed E-state index contributed by atoms with van der Waals surface area (Å²) < 4.78 is 5.25. The van der Waals surface area contributed by atoms with Crippen LogP contribution in [0, 0.1) is 0 Å². The average molecular weight is 472 g/mol. The Bertz CT molecular complexity index is 1500. The number of rotatable bonds is 4. The van der Waals surface area contributed by atoms with Gasteiger partial charge in [0.25, 0.3) is 0 Å². The molecule has 4 N–H and O–H groups in total. The fraction of sp³-hybridized carbons (Fsp3) is 0.231. The summed E-state index contributed by atoms with van der Waals surface area (Å²) in [6, 6.07) is 3.17. The van der Waals surface area contributed by atoms with Crippen LogP contribution in [0.25, 0.3) is 21.8 Å². The summed E-state index contributed by atoms with van der Waals surface area (Å²) in [6.07, 6.45) is 7.09. The summed E-state index contributed by atoms with van der Waals surface area (Å²) in [5.74, 6) is -4.79. The fourth-order valence-electron chi connectivity index (χ4n) is 5.90. The Balaban J connectivity index is 1.51. The highest BCUT2D eigenvalue weighted by Crippen LogP contribution is 2.38. The Kier molecular flexibility index (Phi) is 4.57. The van der Waals surface area contributed by atoms with Gasteiger partial charge in [-0.3, -0.25) is 0 Å². The van der Waals surface area contributed by atoms with Crippen LogP contribution in [0.15, 0.2) is 24.5 Å². The second kappa shape index (κ2) is 7.56. The van der Waals surface area contributed by atoms with Gasteiger partial charge < -0.3 is 24.9 Å². The van der Waals surface area contributed by atoms with Crippen LogP contribution in [-0.2, 0) is 30.4 Å². The lowest BCUT2D eigenvalue weighted by atomic mass is 9.93. The lowest BCUT2D eigenvalue weighted by Crippen LogP contribution is -2.21. The van der Waals surface area contributed by atoms with E-state index < -0.39 is 23.9 Å². The SMILES string of the molecule is O=C(O)c1c2c(c3[nH]ccc3c1C(=O)OC(=O)c1c(C(=O)O)c3c(c4[nH]ccc14)CCC3)CCC2. The molecule has 2 aromatic heterocycles. The number of benzene rings is 2. The summed E-state index contributed by atoms with van der Waals surface area (Å²) in [5, 5.41) is 20.7. The van der Waals surface area contributed by atoms with E-state index in [-0.39, 0.29) is 22.3 Å². The van der Waals surface area contributed by atoms with E-state index in [1.54, 1.807) is 24.5 Å². The number of hydrogen-bond donors (Lipinski definition) is 4. The van der Waals surface area contributed by atoms with Crippen molar-refractivity contribution < 1.29 is 34.1 Å². The maximum absolute atomic E-state index is 13.4. The highest BCUT2D eigenvalue weighted by molar-refractivity contribution is 6.20. The molecule has 9 heteroatoms. The molecule has 35 heavy (non-hydrogen) atoms. The van der Waals surface area contributed by atoms with Crippen LogP contribution >= 0.6 is 0 Å². The zero-order valence-electron chi connectivity index (χ0n) is 18.5. The van der Waals surface area contributed by atoms with E-state index in [1.807, 2.05) is 0 Å². The molecule has 0 radical (unpaired) electrons. The minimum atomic E-state index is -1.28. The van der Waals surface area contributed by atoms with Gasteiger partial charge in [-0.1, -0.05) is 0 Å². The van der Waals surface area contributed by atoms with E-state index in [4.69, 9.17) is 4.74 Å². The Morgan fingerprint density at radius 3 is 1.43 bits per heavy atom. The molecule has 0 bridgehead atoms. The number of carbonyl (C=O) groups excluding carboxylic acids is 2. The molecule has 9 nitrogen and oxygen atoms in total. The highest BCUT2D eigenvalue weighted by Gasteiger charge is 2.35. The quantitative estimate of drug-likeness (QED) is 0.259. The van der Waals surface area contributed by atoms with Crippen molar-refractivity contribution in [3.63, 3.8) is 0 Å². The zero-order valence-corrected chi connectivity index (χ0v) is 18.5. The topological polar surface area (TPSA) is 150 Å². The highest BCUT2D eigenvalue weighted by atomic mass is 16.6. The maximum Gasteiger partial charge on any atom is 0.347 e. The molecule has 0 spiro atoms. The second-order valence-corrected chi connectivity index (χ2v) is 8.94. The van der Waals surface area contributed by atoms with Gasteiger partial charge in [0, 0.05) is 34.2 Å². The van der Waals surface area contributed by atoms with Crippen LogP contribution in [0.2, 0.25) is 0 Å². The molecule has 0 saturated heterocycles. The van der Waals surface area contributed by atoms with Crippen LogP contribution in [0.1, 0.15) is 76.5 Å². The molecular formula is C26H20N2O7. The van der Waals surface area contributed by atoms with Gasteiger partial charge in [0.05, 0.1) is 22.3 Å². The predicted molar refractivity (Wildman–Crippen MR) is 124 cm³/mol. The van der Waals surface area contributed by atoms with Gasteiger partial charge in [0.15, 0.2) is 0 Å². The van der Waals surface area contributed by atoms with Gasteiger partial charge in [0.1, 0.15) is 0 Å². The van der Waals surface area contributed by atoms with Gasteiger partial charge in [-0.05, 0) is 72.9 Å². The number of esters is 2. The monoisotopic (exact) mass is 472 g/mol. The van der Waals surface area contributed by atoms with E-state index in [9.17, 15) is 29.4 Å². The Morgan fingerprint density at radius 1 is 0.629 bits per heavy atom. The number of carboxylic acids is 2. The molecule has 2 aliphatic rings. The number of fused-ring (bicyclic) bond motifs is 6. The van der Waals surface area contributed by atoms with E-state index in [1.165, 1.54) is 0 Å². The largest absolute Gasteiger partial charge is 0.478 e. The van der Waals surface area contributed by atoms with Gasteiger partial charge in [-0.2, -0.15) is 0 Å². The number of hydrogen-bond acceptors (Lipinski definition) is 5. The molecule has 0 amide bonds. The number of H-pyrrole nitrogens is 2. The molecule has 6 rings (SSSR count). The molecule has 2 aliphatic carbocycles. The molecule has 0 fully saturated rings. The number of aromatic carboxylic acids is 2. The minimum absolute atomic E-state index is 0.165. The molecule has 176 valence electrons. The molecular weight excluding hydrogens is 452 g/mol. The summed E-state index contributed by atoms with van der Waals surface area (Å²) in [6.45, 7) is 0. The summed E-state index contributed by atoms with van der Waals surface area (Å²) in [5.41, 5.74) is 3.39. The first-order valence-corrected chi connectivity index (χ1v) is 11.4. The molecule has 4 aromatic rings. The third-order valence-electron chi connectivity index (χ3n) is 7.20. The van der Waals surface area contributed by atoms with Gasteiger partial charge >= 0.3 is 23.9 Å². The lowest BCUT2D eigenvalue weighted by Gasteiger charge is -2.15.